The smallest absolute Gasteiger partial charge is 0.135 e. The van der Waals surface area contributed by atoms with Gasteiger partial charge in [0.05, 0.1) is 0 Å². The lowest BCUT2D eigenvalue weighted by Gasteiger charge is -2.38. The van der Waals surface area contributed by atoms with Crippen LogP contribution >= 0.6 is 0 Å². The third kappa shape index (κ3) is 9.53. The minimum Gasteiger partial charge on any atom is -0.461 e. The van der Waals surface area contributed by atoms with Crippen LogP contribution in [0.25, 0.3) is 127 Å². The molecule has 0 fully saturated rings. The number of aryl methyl sites for hydroxylation is 1. The third-order valence-corrected chi connectivity index (χ3v) is 19.3. The number of benzene rings is 14. The van der Waals surface area contributed by atoms with E-state index in [9.17, 15) is 0 Å². The molecule has 14 aromatic carbocycles. The molecule has 0 radical (unpaired) electrons. The van der Waals surface area contributed by atoms with Crippen LogP contribution in [-0.2, 0) is 5.41 Å². The lowest BCUT2D eigenvalue weighted by atomic mass is 9.66. The van der Waals surface area contributed by atoms with Crippen molar-refractivity contribution in [2.24, 2.45) is 0 Å². The lowest BCUT2D eigenvalue weighted by molar-refractivity contribution is 0.577. The number of rotatable bonds is 13. The molecular formula is C90H64N2O2. The van der Waals surface area contributed by atoms with Gasteiger partial charge in [0.1, 0.15) is 22.5 Å². The number of allylic oxidation sites excluding steroid dienone is 2. The molecule has 0 aliphatic heterocycles. The highest BCUT2D eigenvalue weighted by atomic mass is 16.3. The van der Waals surface area contributed by atoms with E-state index < -0.39 is 5.41 Å². The number of furan rings is 2. The second kappa shape index (κ2) is 22.7. The topological polar surface area (TPSA) is 32.8 Å². The van der Waals surface area contributed by atoms with Gasteiger partial charge in [-0.3, -0.25) is 0 Å². The number of hydrogen-bond donors (Lipinski definition) is 0. The van der Waals surface area contributed by atoms with Gasteiger partial charge < -0.3 is 18.6 Å². The number of fused-ring (bicyclic) bond motifs is 8. The van der Waals surface area contributed by atoms with Crippen LogP contribution in [0.5, 0.6) is 0 Å². The number of nitrogens with zero attached hydrogens (tertiary/aromatic N) is 2. The van der Waals surface area contributed by atoms with Crippen molar-refractivity contribution in [2.45, 2.75) is 26.2 Å². The van der Waals surface area contributed by atoms with Crippen LogP contribution in [-0.4, -0.2) is 0 Å². The molecule has 0 amide bonds. The van der Waals surface area contributed by atoms with Crippen LogP contribution in [0.1, 0.15) is 36.3 Å². The Morgan fingerprint density at radius 2 is 0.766 bits per heavy atom. The first-order valence-electron chi connectivity index (χ1n) is 32.3. The van der Waals surface area contributed by atoms with Crippen molar-refractivity contribution in [1.82, 2.24) is 0 Å². The molecule has 1 aliphatic carbocycles. The fraction of sp³-hybridized carbons (Fsp3) is 0.0444. The second-order valence-electron chi connectivity index (χ2n) is 25.2. The summed E-state index contributed by atoms with van der Waals surface area (Å²) < 4.78 is 12.9. The summed E-state index contributed by atoms with van der Waals surface area (Å²) in [5.74, 6) is 0.861. The summed E-state index contributed by atoms with van der Waals surface area (Å²) in [6, 6.07) is 111. The highest BCUT2D eigenvalue weighted by Gasteiger charge is 2.37. The lowest BCUT2D eigenvalue weighted by Crippen LogP contribution is -2.24. The number of hydrogen-bond acceptors (Lipinski definition) is 4. The zero-order valence-corrected chi connectivity index (χ0v) is 52.5. The van der Waals surface area contributed by atoms with Gasteiger partial charge in [-0.05, 0) is 209 Å². The van der Waals surface area contributed by atoms with Crippen LogP contribution in [0, 0.1) is 6.92 Å². The van der Waals surface area contributed by atoms with Gasteiger partial charge in [0.15, 0.2) is 0 Å². The van der Waals surface area contributed by atoms with E-state index in [1.165, 1.54) is 49.4 Å². The standard InChI is InChI=1S/C90H64N2O2/c1-5-6-35-74-58(2)93-85-46-42-69(55-80(74)85)92(73-52-66(61-29-16-9-17-30-61)49-67(53-73)62-31-18-10-19-32-62)71-41-45-78-83(57-71)90(3,4)82-38-24-37-76-79-54-68(40-44-77(79)87(89(78)88(76)82)63-33-20-11-21-34-63)91(70-43-47-86-81(56-70)75-36-22-23-39-84(75)94-86)72-50-64(59-25-12-7-13-26-59)48-65(51-72)60-27-14-8-15-28-60/h5-57H,1H2,2-4H3/b35-6-. The van der Waals surface area contributed by atoms with Crippen molar-refractivity contribution in [3.8, 4) is 66.8 Å². The number of anilines is 6. The molecule has 0 spiro atoms. The summed E-state index contributed by atoms with van der Waals surface area (Å²) in [5, 5.41) is 8.04. The molecule has 0 saturated heterocycles. The van der Waals surface area contributed by atoms with Crippen molar-refractivity contribution in [3.05, 3.63) is 344 Å². The minimum atomic E-state index is -0.460. The predicted octanol–water partition coefficient (Wildman–Crippen LogP) is 25.7. The van der Waals surface area contributed by atoms with Crippen LogP contribution in [0.15, 0.2) is 331 Å². The maximum atomic E-state index is 6.49. The summed E-state index contributed by atoms with van der Waals surface area (Å²) in [6.07, 6.45) is 5.91. The highest BCUT2D eigenvalue weighted by Crippen LogP contribution is 2.57. The van der Waals surface area contributed by atoms with Crippen molar-refractivity contribution in [3.63, 3.8) is 0 Å². The SMILES string of the molecule is C=C/C=C\c1c(C)oc2ccc(N(c3cc(-c4ccccc4)cc(-c4ccccc4)c3)c3ccc4c(c3)C(C)(C)c3cccc5c3c-4c(-c3ccccc3)c3ccc(N(c4cc(-c6ccccc6)cc(-c6ccccc6)c4)c4ccc6oc7ccccc7c6c4)cc35)cc12. The quantitative estimate of drug-likeness (QED) is 0.0851. The molecule has 0 unspecified atom stereocenters. The maximum absolute atomic E-state index is 6.49. The van der Waals surface area contributed by atoms with Crippen LogP contribution in [0.4, 0.5) is 34.1 Å². The largest absolute Gasteiger partial charge is 0.461 e. The molecule has 4 nitrogen and oxygen atoms in total. The summed E-state index contributed by atoms with van der Waals surface area (Å²) in [6.45, 7) is 10.9. The molecule has 16 aromatic rings. The van der Waals surface area contributed by atoms with E-state index in [1.54, 1.807) is 0 Å². The van der Waals surface area contributed by atoms with Crippen molar-refractivity contribution < 1.29 is 8.83 Å². The first kappa shape index (κ1) is 56.0. The van der Waals surface area contributed by atoms with Gasteiger partial charge in [-0.15, -0.1) is 0 Å². The van der Waals surface area contributed by atoms with Crippen LogP contribution in [0.2, 0.25) is 0 Å². The van der Waals surface area contributed by atoms with E-state index in [0.29, 0.717) is 0 Å². The Hall–Kier alpha value is -12.0. The minimum absolute atomic E-state index is 0.460. The molecular weight excluding hydrogens is 1140 g/mol. The zero-order chi connectivity index (χ0) is 63.0. The van der Waals surface area contributed by atoms with E-state index in [0.717, 1.165) is 128 Å². The fourth-order valence-corrected chi connectivity index (χ4v) is 14.8. The summed E-state index contributed by atoms with van der Waals surface area (Å²) in [5.41, 5.74) is 25.9. The fourth-order valence-electron chi connectivity index (χ4n) is 14.8. The van der Waals surface area contributed by atoms with Gasteiger partial charge in [0.25, 0.3) is 0 Å². The van der Waals surface area contributed by atoms with E-state index in [-0.39, 0.29) is 0 Å². The molecule has 17 rings (SSSR count). The maximum Gasteiger partial charge on any atom is 0.135 e. The molecule has 446 valence electrons. The normalized spacial score (nSPS) is 12.5. The molecule has 0 N–H and O–H groups in total. The van der Waals surface area contributed by atoms with E-state index in [1.807, 2.05) is 25.1 Å². The Kier molecular flexibility index (Phi) is 13.6. The van der Waals surface area contributed by atoms with Gasteiger partial charge in [-0.1, -0.05) is 239 Å². The Balaban J connectivity index is 0.905. The summed E-state index contributed by atoms with van der Waals surface area (Å²) in [4.78, 5) is 4.90. The van der Waals surface area contributed by atoms with E-state index in [2.05, 4.69) is 334 Å². The van der Waals surface area contributed by atoms with Crippen molar-refractivity contribution in [1.29, 1.82) is 0 Å². The average molecular weight is 1210 g/mol. The highest BCUT2D eigenvalue weighted by molar-refractivity contribution is 6.24. The molecule has 0 bridgehead atoms. The Morgan fingerprint density at radius 3 is 1.32 bits per heavy atom. The van der Waals surface area contributed by atoms with Crippen molar-refractivity contribution >= 4 is 94.7 Å². The first-order chi connectivity index (χ1) is 46.2. The van der Waals surface area contributed by atoms with Crippen LogP contribution < -0.4 is 9.80 Å². The zero-order valence-electron chi connectivity index (χ0n) is 52.5. The van der Waals surface area contributed by atoms with Gasteiger partial charge in [0.2, 0.25) is 0 Å². The van der Waals surface area contributed by atoms with Crippen molar-refractivity contribution in [2.75, 3.05) is 9.80 Å². The molecule has 1 aliphatic rings. The van der Waals surface area contributed by atoms with Gasteiger partial charge in [0, 0.05) is 61.3 Å². The Labute approximate surface area is 547 Å². The molecule has 0 saturated carbocycles. The van der Waals surface area contributed by atoms with Crippen LogP contribution in [0.3, 0.4) is 0 Å². The predicted molar refractivity (Wildman–Crippen MR) is 397 cm³/mol. The molecule has 2 aromatic heterocycles. The van der Waals surface area contributed by atoms with Gasteiger partial charge in [-0.25, -0.2) is 0 Å². The molecule has 4 heteroatoms. The Bertz CT molecular complexity index is 5550. The summed E-state index contributed by atoms with van der Waals surface area (Å²) >= 11 is 0. The molecule has 0 atom stereocenters. The second-order valence-corrected chi connectivity index (χ2v) is 25.2. The first-order valence-corrected chi connectivity index (χ1v) is 32.3. The third-order valence-electron chi connectivity index (χ3n) is 19.3. The Morgan fingerprint density at radius 1 is 0.319 bits per heavy atom. The van der Waals surface area contributed by atoms with E-state index in [4.69, 9.17) is 8.83 Å². The van der Waals surface area contributed by atoms with Gasteiger partial charge >= 0.3 is 0 Å². The van der Waals surface area contributed by atoms with Gasteiger partial charge in [-0.2, -0.15) is 0 Å². The molecule has 2 heterocycles. The molecule has 94 heavy (non-hydrogen) atoms. The number of para-hydroxylation sites is 1. The summed E-state index contributed by atoms with van der Waals surface area (Å²) in [7, 11) is 0. The van der Waals surface area contributed by atoms with E-state index >= 15 is 0 Å². The monoisotopic (exact) mass is 1200 g/mol. The average Bonchev–Trinajstić information content (AvgIpc) is 0.876.